The van der Waals surface area contributed by atoms with Gasteiger partial charge in [0.05, 0.1) is 12.6 Å². The van der Waals surface area contributed by atoms with Crippen molar-refractivity contribution in [3.05, 3.63) is 28.2 Å². The van der Waals surface area contributed by atoms with Crippen LogP contribution in [0.15, 0.2) is 16.9 Å². The lowest BCUT2D eigenvalue weighted by Crippen LogP contribution is -2.38. The minimum atomic E-state index is -0.473. The van der Waals surface area contributed by atoms with Crippen molar-refractivity contribution >= 4 is 23.0 Å². The molecule has 0 saturated carbocycles. The number of rotatable bonds is 3. The molecule has 3 heterocycles. The highest BCUT2D eigenvalue weighted by Crippen LogP contribution is 2.19. The van der Waals surface area contributed by atoms with Crippen LogP contribution in [0.4, 0.5) is 5.95 Å². The number of aryl methyl sites for hydroxylation is 1. The van der Waals surface area contributed by atoms with Gasteiger partial charge in [0, 0.05) is 18.8 Å². The van der Waals surface area contributed by atoms with E-state index in [1.807, 2.05) is 13.0 Å². The number of carbonyl (C=O) groups is 1. The fourth-order valence-corrected chi connectivity index (χ4v) is 2.86. The zero-order valence-corrected chi connectivity index (χ0v) is 13.4. The number of anilines is 1. The zero-order chi connectivity index (χ0) is 16.4. The van der Waals surface area contributed by atoms with Crippen LogP contribution in [0.3, 0.4) is 0 Å². The van der Waals surface area contributed by atoms with Crippen molar-refractivity contribution < 1.29 is 9.53 Å². The van der Waals surface area contributed by atoms with Crippen molar-refractivity contribution in [3.63, 3.8) is 0 Å². The lowest BCUT2D eigenvalue weighted by atomic mass is 10.1. The van der Waals surface area contributed by atoms with Crippen molar-refractivity contribution in [2.24, 2.45) is 0 Å². The number of carbonyl (C=O) groups excluding carboxylic acids is 1. The van der Waals surface area contributed by atoms with Gasteiger partial charge < -0.3 is 9.64 Å². The highest BCUT2D eigenvalue weighted by Gasteiger charge is 2.21. The highest BCUT2D eigenvalue weighted by atomic mass is 16.5. The topological polar surface area (TPSA) is 77.3 Å². The van der Waals surface area contributed by atoms with E-state index in [0.29, 0.717) is 11.5 Å². The first-order chi connectivity index (χ1) is 11.1. The maximum absolute atomic E-state index is 12.8. The number of hydrogen-bond donors (Lipinski definition) is 0. The molecule has 7 nitrogen and oxygen atoms in total. The van der Waals surface area contributed by atoms with E-state index in [1.165, 1.54) is 18.1 Å². The molecule has 0 amide bonds. The molecule has 1 aliphatic heterocycles. The lowest BCUT2D eigenvalue weighted by Gasteiger charge is -2.29. The molecule has 122 valence electrons. The number of aromatic nitrogens is 3. The van der Waals surface area contributed by atoms with E-state index in [0.717, 1.165) is 31.6 Å². The minimum Gasteiger partial charge on any atom is -0.468 e. The lowest BCUT2D eigenvalue weighted by molar-refractivity contribution is -0.141. The summed E-state index contributed by atoms with van der Waals surface area (Å²) < 4.78 is 6.10. The number of nitrogens with zero attached hydrogens (tertiary/aromatic N) is 4. The fourth-order valence-electron chi connectivity index (χ4n) is 2.86. The number of piperidine rings is 1. The summed E-state index contributed by atoms with van der Waals surface area (Å²) in [5, 5.41) is 0. The Morgan fingerprint density at radius 2 is 1.96 bits per heavy atom. The van der Waals surface area contributed by atoms with E-state index in [9.17, 15) is 9.59 Å². The van der Waals surface area contributed by atoms with Crippen LogP contribution < -0.4 is 10.5 Å². The third kappa shape index (κ3) is 3.04. The van der Waals surface area contributed by atoms with Gasteiger partial charge in [0.1, 0.15) is 6.54 Å². The van der Waals surface area contributed by atoms with Gasteiger partial charge in [-0.1, -0.05) is 0 Å². The van der Waals surface area contributed by atoms with Crippen LogP contribution in [0.1, 0.15) is 25.0 Å². The van der Waals surface area contributed by atoms with Gasteiger partial charge >= 0.3 is 5.97 Å². The molecular formula is C16H20N4O3. The summed E-state index contributed by atoms with van der Waals surface area (Å²) in [6.07, 6.45) is 3.28. The molecule has 7 heteroatoms. The Morgan fingerprint density at radius 1 is 1.22 bits per heavy atom. The maximum atomic E-state index is 12.8. The van der Waals surface area contributed by atoms with Gasteiger partial charge in [0.15, 0.2) is 5.52 Å². The third-order valence-corrected chi connectivity index (χ3v) is 4.08. The molecule has 0 aromatic carbocycles. The van der Waals surface area contributed by atoms with Crippen LogP contribution in [0.25, 0.3) is 11.0 Å². The predicted octanol–water partition coefficient (Wildman–Crippen LogP) is 1.26. The molecule has 0 bridgehead atoms. The molecule has 23 heavy (non-hydrogen) atoms. The third-order valence-electron chi connectivity index (χ3n) is 4.08. The number of methoxy groups -OCH3 is 1. The molecule has 1 saturated heterocycles. The number of hydrogen-bond acceptors (Lipinski definition) is 6. The van der Waals surface area contributed by atoms with Crippen LogP contribution in [-0.4, -0.2) is 40.7 Å². The summed E-state index contributed by atoms with van der Waals surface area (Å²) in [5.41, 5.74) is 1.29. The maximum Gasteiger partial charge on any atom is 0.325 e. The molecule has 1 aliphatic rings. The Bertz CT molecular complexity index is 794. The average molecular weight is 316 g/mol. The Balaban J connectivity index is 2.18. The SMILES string of the molecule is COC(=O)Cn1c(N2CCCCC2)nc2ccc(C)nc2c1=O. The fraction of sp³-hybridized carbons (Fsp3) is 0.500. The van der Waals surface area contributed by atoms with Gasteiger partial charge in [0.25, 0.3) is 5.56 Å². The van der Waals surface area contributed by atoms with Crippen LogP contribution >= 0.6 is 0 Å². The first-order valence-corrected chi connectivity index (χ1v) is 7.80. The first-order valence-electron chi connectivity index (χ1n) is 7.80. The number of esters is 1. The molecule has 2 aromatic rings. The van der Waals surface area contributed by atoms with E-state index in [1.54, 1.807) is 6.07 Å². The second kappa shape index (κ2) is 6.36. The molecule has 1 fully saturated rings. The predicted molar refractivity (Wildman–Crippen MR) is 86.6 cm³/mol. The van der Waals surface area contributed by atoms with Gasteiger partial charge in [-0.05, 0) is 38.3 Å². The van der Waals surface area contributed by atoms with E-state index < -0.39 is 5.97 Å². The zero-order valence-electron chi connectivity index (χ0n) is 13.4. The quantitative estimate of drug-likeness (QED) is 0.794. The van der Waals surface area contributed by atoms with Gasteiger partial charge in [-0.15, -0.1) is 0 Å². The second-order valence-electron chi connectivity index (χ2n) is 5.75. The summed E-state index contributed by atoms with van der Waals surface area (Å²) in [4.78, 5) is 35.5. The molecule has 0 atom stereocenters. The van der Waals surface area contributed by atoms with Gasteiger partial charge in [-0.2, -0.15) is 0 Å². The molecule has 3 rings (SSSR count). The van der Waals surface area contributed by atoms with E-state index in [-0.39, 0.29) is 17.6 Å². The summed E-state index contributed by atoms with van der Waals surface area (Å²) in [7, 11) is 1.31. The van der Waals surface area contributed by atoms with Crippen LogP contribution in [0.2, 0.25) is 0 Å². The Labute approximate surface area is 133 Å². The van der Waals surface area contributed by atoms with E-state index >= 15 is 0 Å². The molecule has 2 aromatic heterocycles. The van der Waals surface area contributed by atoms with Gasteiger partial charge in [0.2, 0.25) is 5.95 Å². The molecule has 0 radical (unpaired) electrons. The standard InChI is InChI=1S/C16H20N4O3/c1-11-6-7-12-14(17-11)15(22)20(10-13(21)23-2)16(18-12)19-8-4-3-5-9-19/h6-7H,3-5,8-10H2,1-2H3. The van der Waals surface area contributed by atoms with Crippen LogP contribution in [-0.2, 0) is 16.1 Å². The molecule has 0 unspecified atom stereocenters. The number of pyridine rings is 1. The van der Waals surface area contributed by atoms with Crippen LogP contribution in [0, 0.1) is 6.92 Å². The van der Waals surface area contributed by atoms with Gasteiger partial charge in [-0.3, -0.25) is 14.2 Å². The second-order valence-corrected chi connectivity index (χ2v) is 5.75. The van der Waals surface area contributed by atoms with Crippen molar-refractivity contribution in [2.45, 2.75) is 32.7 Å². The highest BCUT2D eigenvalue weighted by molar-refractivity contribution is 5.76. The summed E-state index contributed by atoms with van der Waals surface area (Å²) >= 11 is 0. The molecule has 0 spiro atoms. The van der Waals surface area contributed by atoms with Crippen molar-refractivity contribution in [1.82, 2.24) is 14.5 Å². The van der Waals surface area contributed by atoms with Crippen molar-refractivity contribution in [3.8, 4) is 0 Å². The monoisotopic (exact) mass is 316 g/mol. The average Bonchev–Trinajstić information content (AvgIpc) is 2.58. The largest absolute Gasteiger partial charge is 0.468 e. The van der Waals surface area contributed by atoms with Crippen LogP contribution in [0.5, 0.6) is 0 Å². The van der Waals surface area contributed by atoms with E-state index in [4.69, 9.17) is 4.74 Å². The Kier molecular flexibility index (Phi) is 4.27. The van der Waals surface area contributed by atoms with E-state index in [2.05, 4.69) is 14.9 Å². The summed E-state index contributed by atoms with van der Waals surface area (Å²) in [6, 6.07) is 3.63. The molecule has 0 N–H and O–H groups in total. The normalized spacial score (nSPS) is 15.0. The summed E-state index contributed by atoms with van der Waals surface area (Å²) in [6.45, 7) is 3.33. The Hall–Kier alpha value is -2.44. The molecule has 0 aliphatic carbocycles. The first kappa shape index (κ1) is 15.5. The minimum absolute atomic E-state index is 0.153. The Morgan fingerprint density at radius 3 is 2.65 bits per heavy atom. The number of ether oxygens (including phenoxy) is 1. The number of fused-ring (bicyclic) bond motifs is 1. The van der Waals surface area contributed by atoms with Gasteiger partial charge in [-0.25, -0.2) is 9.97 Å². The van der Waals surface area contributed by atoms with Crippen molar-refractivity contribution in [2.75, 3.05) is 25.1 Å². The van der Waals surface area contributed by atoms with Crippen molar-refractivity contribution in [1.29, 1.82) is 0 Å². The smallest absolute Gasteiger partial charge is 0.325 e. The summed E-state index contributed by atoms with van der Waals surface area (Å²) in [5.74, 6) is 0.0532. The molecular weight excluding hydrogens is 296 g/mol.